The largest absolute Gasteiger partial charge is 0.380 e. The lowest BCUT2D eigenvalue weighted by atomic mass is 10.2. The Bertz CT molecular complexity index is 541. The Morgan fingerprint density at radius 1 is 1.26 bits per heavy atom. The van der Waals surface area contributed by atoms with Crippen LogP contribution in [0.4, 0.5) is 0 Å². The first-order valence-electron chi connectivity index (χ1n) is 6.01. The Morgan fingerprint density at radius 3 is 2.53 bits per heavy atom. The Kier molecular flexibility index (Phi) is 6.26. The summed E-state index contributed by atoms with van der Waals surface area (Å²) in [4.78, 5) is 0.223. The number of hydrogen-bond acceptors (Lipinski definition) is 4. The summed E-state index contributed by atoms with van der Waals surface area (Å²) in [7, 11) is -3.33. The summed E-state index contributed by atoms with van der Waals surface area (Å²) in [5.74, 6) is -0.0486. The zero-order chi connectivity index (χ0) is 14.1. The predicted molar refractivity (Wildman–Crippen MR) is 73.5 cm³/mol. The van der Waals surface area contributed by atoms with Crippen molar-refractivity contribution in [3.05, 3.63) is 42.5 Å². The molecule has 0 atom stereocenters. The van der Waals surface area contributed by atoms with Crippen LogP contribution < -0.4 is 0 Å². The second kappa shape index (κ2) is 7.72. The zero-order valence-corrected chi connectivity index (χ0v) is 11.5. The number of ether oxygens (including phenoxy) is 1. The molecular formula is C14H17NO3S. The van der Waals surface area contributed by atoms with Gasteiger partial charge in [0.05, 0.1) is 28.9 Å². The molecule has 0 N–H and O–H groups in total. The van der Waals surface area contributed by atoms with Crippen molar-refractivity contribution in [3.63, 3.8) is 0 Å². The van der Waals surface area contributed by atoms with Gasteiger partial charge in [0.15, 0.2) is 9.84 Å². The molecule has 0 saturated carbocycles. The molecule has 0 aliphatic rings. The summed E-state index contributed by atoms with van der Waals surface area (Å²) in [6, 6.07) is 7.85. The average Bonchev–Trinajstić information content (AvgIpc) is 2.43. The number of nitriles is 1. The molecule has 0 fully saturated rings. The zero-order valence-electron chi connectivity index (χ0n) is 10.7. The van der Waals surface area contributed by atoms with Crippen molar-refractivity contribution in [2.75, 3.05) is 19.0 Å². The molecule has 1 aromatic carbocycles. The highest BCUT2D eigenvalue weighted by Crippen LogP contribution is 2.12. The van der Waals surface area contributed by atoms with E-state index >= 15 is 0 Å². The van der Waals surface area contributed by atoms with Gasteiger partial charge >= 0.3 is 0 Å². The molecule has 0 spiro atoms. The standard InChI is InChI=1S/C14H17NO3S/c1-2-3-4-9-18-10-11-19(16,17)14-7-5-13(12-15)6-8-14/h2,5-8H,1,3-4,9-11H2. The highest BCUT2D eigenvalue weighted by atomic mass is 32.2. The van der Waals surface area contributed by atoms with Gasteiger partial charge < -0.3 is 4.74 Å². The highest BCUT2D eigenvalue weighted by molar-refractivity contribution is 7.91. The molecule has 0 radical (unpaired) electrons. The van der Waals surface area contributed by atoms with E-state index in [0.29, 0.717) is 12.2 Å². The monoisotopic (exact) mass is 279 g/mol. The lowest BCUT2D eigenvalue weighted by Crippen LogP contribution is -2.13. The second-order valence-electron chi connectivity index (χ2n) is 4.00. The first-order chi connectivity index (χ1) is 9.10. The maximum Gasteiger partial charge on any atom is 0.180 e. The predicted octanol–water partition coefficient (Wildman–Crippen LogP) is 2.31. The number of allylic oxidation sites excluding steroid dienone is 1. The molecule has 102 valence electrons. The number of benzene rings is 1. The van der Waals surface area contributed by atoms with Crippen molar-refractivity contribution in [2.24, 2.45) is 0 Å². The van der Waals surface area contributed by atoms with Crippen LogP contribution in [0.2, 0.25) is 0 Å². The van der Waals surface area contributed by atoms with E-state index < -0.39 is 9.84 Å². The van der Waals surface area contributed by atoms with Gasteiger partial charge in [0.2, 0.25) is 0 Å². The molecule has 0 heterocycles. The summed E-state index contributed by atoms with van der Waals surface area (Å²) in [6.45, 7) is 4.31. The number of hydrogen-bond donors (Lipinski definition) is 0. The first-order valence-corrected chi connectivity index (χ1v) is 7.67. The van der Waals surface area contributed by atoms with Gasteiger partial charge in [0.25, 0.3) is 0 Å². The summed E-state index contributed by atoms with van der Waals surface area (Å²) in [5, 5.41) is 8.65. The van der Waals surface area contributed by atoms with Crippen LogP contribution in [0.3, 0.4) is 0 Å². The molecule has 19 heavy (non-hydrogen) atoms. The number of rotatable bonds is 8. The van der Waals surface area contributed by atoms with Crippen LogP contribution in [0.5, 0.6) is 0 Å². The molecule has 1 aromatic rings. The van der Waals surface area contributed by atoms with Gasteiger partial charge in [-0.1, -0.05) is 6.08 Å². The van der Waals surface area contributed by atoms with Crippen molar-refractivity contribution in [3.8, 4) is 6.07 Å². The molecule has 4 nitrogen and oxygen atoms in total. The fourth-order valence-corrected chi connectivity index (χ4v) is 2.58. The Hall–Kier alpha value is -1.64. The van der Waals surface area contributed by atoms with E-state index in [4.69, 9.17) is 10.00 Å². The van der Waals surface area contributed by atoms with Crippen molar-refractivity contribution in [2.45, 2.75) is 17.7 Å². The van der Waals surface area contributed by atoms with Gasteiger partial charge in [-0.05, 0) is 37.1 Å². The summed E-state index contributed by atoms with van der Waals surface area (Å²) >= 11 is 0. The fourth-order valence-electron chi connectivity index (χ4n) is 1.46. The molecule has 0 aliphatic heterocycles. The van der Waals surface area contributed by atoms with Crippen LogP contribution in [0.25, 0.3) is 0 Å². The van der Waals surface area contributed by atoms with Crippen LogP contribution in [0.1, 0.15) is 18.4 Å². The van der Waals surface area contributed by atoms with Crippen molar-refractivity contribution < 1.29 is 13.2 Å². The maximum absolute atomic E-state index is 11.9. The highest BCUT2D eigenvalue weighted by Gasteiger charge is 2.13. The van der Waals surface area contributed by atoms with E-state index in [1.807, 2.05) is 6.07 Å². The lowest BCUT2D eigenvalue weighted by Gasteiger charge is -2.05. The minimum Gasteiger partial charge on any atom is -0.380 e. The van der Waals surface area contributed by atoms with Crippen LogP contribution in [-0.4, -0.2) is 27.4 Å². The van der Waals surface area contributed by atoms with Crippen molar-refractivity contribution >= 4 is 9.84 Å². The van der Waals surface area contributed by atoms with Crippen LogP contribution in [0.15, 0.2) is 41.8 Å². The molecule has 1 rings (SSSR count). The molecule has 0 saturated heterocycles. The number of sulfone groups is 1. The molecule has 5 heteroatoms. The van der Waals surface area contributed by atoms with Crippen molar-refractivity contribution in [1.82, 2.24) is 0 Å². The van der Waals surface area contributed by atoms with Gasteiger partial charge in [0, 0.05) is 6.61 Å². The summed E-state index contributed by atoms with van der Waals surface area (Å²) in [5.41, 5.74) is 0.444. The van der Waals surface area contributed by atoms with E-state index in [9.17, 15) is 8.42 Å². The molecular weight excluding hydrogens is 262 g/mol. The topological polar surface area (TPSA) is 67.2 Å². The van der Waals surface area contributed by atoms with E-state index in [2.05, 4.69) is 6.58 Å². The minimum absolute atomic E-state index is 0.0486. The number of unbranched alkanes of at least 4 members (excludes halogenated alkanes) is 1. The van der Waals surface area contributed by atoms with Gasteiger partial charge in [0.1, 0.15) is 0 Å². The van der Waals surface area contributed by atoms with Gasteiger partial charge in [-0.25, -0.2) is 8.42 Å². The first kappa shape index (κ1) is 15.4. The quantitative estimate of drug-likeness (QED) is 0.541. The van der Waals surface area contributed by atoms with E-state index in [1.54, 1.807) is 6.08 Å². The van der Waals surface area contributed by atoms with E-state index in [0.717, 1.165) is 12.8 Å². The second-order valence-corrected chi connectivity index (χ2v) is 6.11. The minimum atomic E-state index is -3.33. The average molecular weight is 279 g/mol. The van der Waals surface area contributed by atoms with Crippen molar-refractivity contribution in [1.29, 1.82) is 5.26 Å². The molecule has 0 bridgehead atoms. The smallest absolute Gasteiger partial charge is 0.180 e. The van der Waals surface area contributed by atoms with E-state index in [1.165, 1.54) is 24.3 Å². The SMILES string of the molecule is C=CCCCOCCS(=O)(=O)c1ccc(C#N)cc1. The van der Waals surface area contributed by atoms with Crippen LogP contribution >= 0.6 is 0 Å². The van der Waals surface area contributed by atoms with Gasteiger partial charge in [-0.15, -0.1) is 6.58 Å². The lowest BCUT2D eigenvalue weighted by molar-refractivity contribution is 0.147. The Labute approximate surface area is 114 Å². The normalized spacial score (nSPS) is 10.9. The molecule has 0 unspecified atom stereocenters. The summed E-state index contributed by atoms with van der Waals surface area (Å²) < 4.78 is 29.1. The Balaban J connectivity index is 2.47. The van der Waals surface area contributed by atoms with Gasteiger partial charge in [-0.2, -0.15) is 5.26 Å². The van der Waals surface area contributed by atoms with E-state index in [-0.39, 0.29) is 17.3 Å². The maximum atomic E-state index is 11.9. The fraction of sp³-hybridized carbons (Fsp3) is 0.357. The van der Waals surface area contributed by atoms with Crippen LogP contribution in [0, 0.1) is 11.3 Å². The number of nitrogens with zero attached hydrogens (tertiary/aromatic N) is 1. The summed E-state index contributed by atoms with van der Waals surface area (Å²) in [6.07, 6.45) is 3.51. The van der Waals surface area contributed by atoms with Crippen LogP contribution in [-0.2, 0) is 14.6 Å². The Morgan fingerprint density at radius 2 is 1.95 bits per heavy atom. The molecule has 0 aliphatic carbocycles. The third kappa shape index (κ3) is 5.25. The molecule has 0 amide bonds. The van der Waals surface area contributed by atoms with Gasteiger partial charge in [-0.3, -0.25) is 0 Å². The third-order valence-corrected chi connectivity index (χ3v) is 4.23. The molecule has 0 aromatic heterocycles. The third-order valence-electron chi connectivity index (χ3n) is 2.54.